The molecule has 4 heteroatoms. The average molecular weight is 279 g/mol. The Morgan fingerprint density at radius 2 is 2.15 bits per heavy atom. The topological polar surface area (TPSA) is 58.6 Å². The van der Waals surface area contributed by atoms with Crippen LogP contribution in [0.15, 0.2) is 24.3 Å². The summed E-state index contributed by atoms with van der Waals surface area (Å²) in [5.74, 6) is 1.20. The molecule has 1 aromatic rings. The lowest BCUT2D eigenvalue weighted by atomic mass is 10.1. The van der Waals surface area contributed by atoms with Crippen LogP contribution >= 0.6 is 0 Å². The molecule has 0 radical (unpaired) electrons. The highest BCUT2D eigenvalue weighted by Gasteiger charge is 2.09. The second kappa shape index (κ2) is 8.59. The summed E-state index contributed by atoms with van der Waals surface area (Å²) in [5.41, 5.74) is 1.07. The van der Waals surface area contributed by atoms with Crippen molar-refractivity contribution in [3.05, 3.63) is 29.8 Å². The highest BCUT2D eigenvalue weighted by molar-refractivity contribution is 5.76. The molecule has 1 rings (SSSR count). The van der Waals surface area contributed by atoms with Crippen LogP contribution < -0.4 is 10.1 Å². The third-order valence-electron chi connectivity index (χ3n) is 3.05. The van der Waals surface area contributed by atoms with Crippen LogP contribution in [0, 0.1) is 5.92 Å². The summed E-state index contributed by atoms with van der Waals surface area (Å²) >= 11 is 0. The van der Waals surface area contributed by atoms with Gasteiger partial charge in [0.2, 0.25) is 5.91 Å². The van der Waals surface area contributed by atoms with Crippen molar-refractivity contribution in [3.8, 4) is 5.75 Å². The Labute approximate surface area is 121 Å². The van der Waals surface area contributed by atoms with Crippen molar-refractivity contribution in [2.24, 2.45) is 5.92 Å². The van der Waals surface area contributed by atoms with Crippen LogP contribution in [-0.4, -0.2) is 30.8 Å². The summed E-state index contributed by atoms with van der Waals surface area (Å²) in [6.07, 6.45) is 1.33. The van der Waals surface area contributed by atoms with E-state index in [4.69, 9.17) is 4.74 Å². The van der Waals surface area contributed by atoms with Crippen molar-refractivity contribution in [2.75, 3.05) is 13.7 Å². The summed E-state index contributed by atoms with van der Waals surface area (Å²) in [6, 6.07) is 7.70. The molecule has 0 saturated heterocycles. The van der Waals surface area contributed by atoms with E-state index in [9.17, 15) is 9.90 Å². The fourth-order valence-electron chi connectivity index (χ4n) is 2.03. The second-order valence-electron chi connectivity index (χ2n) is 5.44. The van der Waals surface area contributed by atoms with Crippen molar-refractivity contribution in [1.29, 1.82) is 0 Å². The zero-order chi connectivity index (χ0) is 15.0. The standard InChI is InChI=1S/C16H25NO3/c1-12(2)9-14(18)11-17-16(19)8-7-13-5-4-6-15(10-13)20-3/h4-6,10,12,14,18H,7-9,11H2,1-3H3,(H,17,19). The molecule has 0 aliphatic heterocycles. The Balaban J connectivity index is 2.29. The molecule has 0 aromatic heterocycles. The summed E-state index contributed by atoms with van der Waals surface area (Å²) in [4.78, 5) is 11.7. The van der Waals surface area contributed by atoms with Gasteiger partial charge in [-0.25, -0.2) is 0 Å². The average Bonchev–Trinajstić information content (AvgIpc) is 2.42. The largest absolute Gasteiger partial charge is 0.497 e. The monoisotopic (exact) mass is 279 g/mol. The molecule has 0 spiro atoms. The highest BCUT2D eigenvalue weighted by Crippen LogP contribution is 2.13. The number of nitrogens with one attached hydrogen (secondary N) is 1. The zero-order valence-electron chi connectivity index (χ0n) is 12.6. The van der Waals surface area contributed by atoms with E-state index in [2.05, 4.69) is 5.32 Å². The van der Waals surface area contributed by atoms with E-state index in [0.29, 0.717) is 31.7 Å². The molecule has 0 aliphatic carbocycles. The van der Waals surface area contributed by atoms with Gasteiger partial charge in [0.05, 0.1) is 13.2 Å². The third kappa shape index (κ3) is 6.57. The fourth-order valence-corrected chi connectivity index (χ4v) is 2.03. The van der Waals surface area contributed by atoms with Gasteiger partial charge < -0.3 is 15.2 Å². The number of ether oxygens (including phenoxy) is 1. The van der Waals surface area contributed by atoms with Crippen LogP contribution in [0.3, 0.4) is 0 Å². The van der Waals surface area contributed by atoms with Crippen LogP contribution in [0.4, 0.5) is 0 Å². The summed E-state index contributed by atoms with van der Waals surface area (Å²) < 4.78 is 5.14. The Kier molecular flexibility index (Phi) is 7.09. The van der Waals surface area contributed by atoms with Gasteiger partial charge in [-0.3, -0.25) is 4.79 Å². The van der Waals surface area contributed by atoms with E-state index in [1.807, 2.05) is 38.1 Å². The number of amides is 1. The quantitative estimate of drug-likeness (QED) is 0.766. The van der Waals surface area contributed by atoms with Crippen LogP contribution in [0.5, 0.6) is 5.75 Å². The molecule has 1 unspecified atom stereocenters. The number of hydrogen-bond acceptors (Lipinski definition) is 3. The maximum atomic E-state index is 11.7. The molecule has 2 N–H and O–H groups in total. The third-order valence-corrected chi connectivity index (χ3v) is 3.05. The van der Waals surface area contributed by atoms with Crippen molar-refractivity contribution < 1.29 is 14.6 Å². The number of carbonyl (C=O) groups excluding carboxylic acids is 1. The molecule has 1 amide bonds. The van der Waals surface area contributed by atoms with Crippen molar-refractivity contribution in [1.82, 2.24) is 5.32 Å². The van der Waals surface area contributed by atoms with Gasteiger partial charge in [-0.2, -0.15) is 0 Å². The molecule has 4 nitrogen and oxygen atoms in total. The lowest BCUT2D eigenvalue weighted by Crippen LogP contribution is -2.32. The Bertz CT molecular complexity index is 418. The predicted octanol–water partition coefficient (Wildman–Crippen LogP) is 2.15. The van der Waals surface area contributed by atoms with Crippen molar-refractivity contribution in [3.63, 3.8) is 0 Å². The summed E-state index contributed by atoms with van der Waals surface area (Å²) in [6.45, 7) is 4.43. The molecule has 0 heterocycles. The Morgan fingerprint density at radius 3 is 2.80 bits per heavy atom. The minimum Gasteiger partial charge on any atom is -0.497 e. The fraction of sp³-hybridized carbons (Fsp3) is 0.562. The van der Waals surface area contributed by atoms with E-state index < -0.39 is 6.10 Å². The van der Waals surface area contributed by atoms with Gasteiger partial charge in [0.1, 0.15) is 5.75 Å². The van der Waals surface area contributed by atoms with Crippen molar-refractivity contribution in [2.45, 2.75) is 39.2 Å². The highest BCUT2D eigenvalue weighted by atomic mass is 16.5. The normalized spacial score (nSPS) is 12.2. The number of rotatable bonds is 8. The Morgan fingerprint density at radius 1 is 1.40 bits per heavy atom. The first-order valence-corrected chi connectivity index (χ1v) is 7.09. The number of aryl methyl sites for hydroxylation is 1. The second-order valence-corrected chi connectivity index (χ2v) is 5.44. The first-order valence-electron chi connectivity index (χ1n) is 7.09. The minimum atomic E-state index is -0.462. The first kappa shape index (κ1) is 16.5. The molecule has 112 valence electrons. The van der Waals surface area contributed by atoms with Crippen LogP contribution in [0.1, 0.15) is 32.3 Å². The number of methoxy groups -OCH3 is 1. The zero-order valence-corrected chi connectivity index (χ0v) is 12.6. The summed E-state index contributed by atoms with van der Waals surface area (Å²) in [5, 5.41) is 12.5. The lowest BCUT2D eigenvalue weighted by Gasteiger charge is -2.13. The van der Waals surface area contributed by atoms with E-state index in [-0.39, 0.29) is 5.91 Å². The SMILES string of the molecule is COc1cccc(CCC(=O)NCC(O)CC(C)C)c1. The van der Waals surface area contributed by atoms with Gasteiger partial charge in [-0.15, -0.1) is 0 Å². The maximum absolute atomic E-state index is 11.7. The van der Waals surface area contributed by atoms with Gasteiger partial charge in [0.25, 0.3) is 0 Å². The number of aliphatic hydroxyl groups excluding tert-OH is 1. The lowest BCUT2D eigenvalue weighted by molar-refractivity contribution is -0.121. The molecule has 1 aromatic carbocycles. The van der Waals surface area contributed by atoms with Gasteiger partial charge in [0, 0.05) is 13.0 Å². The number of benzene rings is 1. The molecule has 0 bridgehead atoms. The van der Waals surface area contributed by atoms with Crippen molar-refractivity contribution >= 4 is 5.91 Å². The number of hydrogen-bond donors (Lipinski definition) is 2. The van der Waals surface area contributed by atoms with Crippen LogP contribution in [-0.2, 0) is 11.2 Å². The molecule has 20 heavy (non-hydrogen) atoms. The van der Waals surface area contributed by atoms with E-state index >= 15 is 0 Å². The molecule has 0 aliphatic rings. The van der Waals surface area contributed by atoms with Gasteiger partial charge >= 0.3 is 0 Å². The number of aliphatic hydroxyl groups is 1. The van der Waals surface area contributed by atoms with Gasteiger partial charge in [-0.1, -0.05) is 26.0 Å². The van der Waals surface area contributed by atoms with Crippen LogP contribution in [0.2, 0.25) is 0 Å². The summed E-state index contributed by atoms with van der Waals surface area (Å²) in [7, 11) is 1.63. The van der Waals surface area contributed by atoms with E-state index in [1.54, 1.807) is 7.11 Å². The van der Waals surface area contributed by atoms with E-state index in [0.717, 1.165) is 11.3 Å². The van der Waals surface area contributed by atoms with Crippen LogP contribution in [0.25, 0.3) is 0 Å². The first-order chi connectivity index (χ1) is 9.51. The van der Waals surface area contributed by atoms with Gasteiger partial charge in [-0.05, 0) is 36.5 Å². The van der Waals surface area contributed by atoms with E-state index in [1.165, 1.54) is 0 Å². The Hall–Kier alpha value is -1.55. The molecular formula is C16H25NO3. The molecule has 1 atom stereocenters. The van der Waals surface area contributed by atoms with Gasteiger partial charge in [0.15, 0.2) is 0 Å². The molecule has 0 saturated carbocycles. The number of carbonyl (C=O) groups is 1. The smallest absolute Gasteiger partial charge is 0.220 e. The molecular weight excluding hydrogens is 254 g/mol. The minimum absolute atomic E-state index is 0.0318. The maximum Gasteiger partial charge on any atom is 0.220 e. The predicted molar refractivity (Wildman–Crippen MR) is 79.8 cm³/mol. The molecule has 0 fully saturated rings.